The van der Waals surface area contributed by atoms with Gasteiger partial charge in [-0.15, -0.1) is 0 Å². The van der Waals surface area contributed by atoms with Gasteiger partial charge in [-0.1, -0.05) is 26.3 Å². The van der Waals surface area contributed by atoms with Crippen molar-refractivity contribution in [3.63, 3.8) is 0 Å². The van der Waals surface area contributed by atoms with Gasteiger partial charge in [-0.3, -0.25) is 14.7 Å². The fraction of sp³-hybridized carbons (Fsp3) is 0.870. The van der Waals surface area contributed by atoms with Crippen LogP contribution in [0.3, 0.4) is 0 Å². The molecule has 166 valence electrons. The van der Waals surface area contributed by atoms with Gasteiger partial charge < -0.3 is 10.2 Å². The van der Waals surface area contributed by atoms with Crippen molar-refractivity contribution in [3.05, 3.63) is 12.3 Å². The van der Waals surface area contributed by atoms with E-state index in [1.54, 1.807) is 5.01 Å². The van der Waals surface area contributed by atoms with Crippen LogP contribution in [0.15, 0.2) is 12.3 Å². The summed E-state index contributed by atoms with van der Waals surface area (Å²) < 4.78 is 0. The Morgan fingerprint density at radius 1 is 1.21 bits per heavy atom. The summed E-state index contributed by atoms with van der Waals surface area (Å²) in [4.78, 5) is 17.9. The van der Waals surface area contributed by atoms with E-state index >= 15 is 0 Å². The third kappa shape index (κ3) is 5.96. The summed E-state index contributed by atoms with van der Waals surface area (Å²) in [6.07, 6.45) is 8.73. The van der Waals surface area contributed by atoms with Gasteiger partial charge in [-0.05, 0) is 71.0 Å². The zero-order valence-electron chi connectivity index (χ0n) is 19.0. The van der Waals surface area contributed by atoms with Crippen LogP contribution in [0.4, 0.5) is 0 Å². The zero-order valence-corrected chi connectivity index (χ0v) is 19.0. The predicted octanol–water partition coefficient (Wildman–Crippen LogP) is 2.44. The number of nitrogens with one attached hydrogen (secondary N) is 2. The van der Waals surface area contributed by atoms with Crippen LogP contribution in [0.2, 0.25) is 0 Å². The largest absolute Gasteiger partial charge is 0.376 e. The number of hydrogen-bond donors (Lipinski definition) is 2. The zero-order chi connectivity index (χ0) is 20.8. The van der Waals surface area contributed by atoms with Crippen LogP contribution >= 0.6 is 0 Å². The Balaban J connectivity index is 1.60. The summed E-state index contributed by atoms with van der Waals surface area (Å²) in [5.74, 6) is 1.56. The number of amides is 1. The first-order valence-corrected chi connectivity index (χ1v) is 11.9. The normalized spacial score (nSPS) is 26.1. The summed E-state index contributed by atoms with van der Waals surface area (Å²) in [6.45, 7) is 15.0. The molecule has 2 heterocycles. The number of rotatable bonds is 9. The van der Waals surface area contributed by atoms with Crippen LogP contribution in [0.25, 0.3) is 0 Å². The summed E-state index contributed by atoms with van der Waals surface area (Å²) in [6, 6.07) is 0.126. The highest BCUT2D eigenvalue weighted by molar-refractivity contribution is 5.81. The van der Waals surface area contributed by atoms with E-state index in [-0.39, 0.29) is 11.9 Å². The van der Waals surface area contributed by atoms with E-state index in [4.69, 9.17) is 0 Å². The molecule has 0 radical (unpaired) electrons. The second-order valence-electron chi connectivity index (χ2n) is 9.49. The number of likely N-dealkylation sites (tertiary alicyclic amines) is 1. The van der Waals surface area contributed by atoms with E-state index in [1.165, 1.54) is 38.6 Å². The number of carbonyl (C=O) groups excluding carboxylic acids is 1. The molecular weight excluding hydrogens is 362 g/mol. The standard InChI is InChI=1S/C23H43N5O/c1-5-26(4)16-20-12-15-27(17-20)22(21-10-6-7-11-21)18(2)25-19(3)23(29)28-14-9-8-13-24-28/h19-22,24-25H,2,5-17H2,1,3-4H3. The highest BCUT2D eigenvalue weighted by Gasteiger charge is 2.37. The highest BCUT2D eigenvalue weighted by Crippen LogP contribution is 2.35. The predicted molar refractivity (Wildman–Crippen MR) is 119 cm³/mol. The Hall–Kier alpha value is -1.11. The van der Waals surface area contributed by atoms with E-state index in [9.17, 15) is 4.79 Å². The molecule has 0 aromatic heterocycles. The van der Waals surface area contributed by atoms with Crippen molar-refractivity contribution in [1.29, 1.82) is 0 Å². The fourth-order valence-electron chi connectivity index (χ4n) is 5.45. The van der Waals surface area contributed by atoms with Crippen LogP contribution in [-0.4, -0.2) is 79.1 Å². The van der Waals surface area contributed by atoms with Gasteiger partial charge in [0.25, 0.3) is 5.91 Å². The highest BCUT2D eigenvalue weighted by atomic mass is 16.2. The van der Waals surface area contributed by atoms with Gasteiger partial charge in [-0.25, -0.2) is 5.43 Å². The lowest BCUT2D eigenvalue weighted by Gasteiger charge is -2.37. The van der Waals surface area contributed by atoms with Crippen LogP contribution < -0.4 is 10.7 Å². The molecule has 6 heteroatoms. The number of hydrazine groups is 1. The van der Waals surface area contributed by atoms with Gasteiger partial charge in [0.1, 0.15) is 6.04 Å². The van der Waals surface area contributed by atoms with Crippen molar-refractivity contribution in [2.24, 2.45) is 11.8 Å². The van der Waals surface area contributed by atoms with Crippen molar-refractivity contribution in [2.45, 2.75) is 70.9 Å². The van der Waals surface area contributed by atoms with Crippen molar-refractivity contribution in [3.8, 4) is 0 Å². The maximum Gasteiger partial charge on any atom is 0.258 e. The molecule has 1 amide bonds. The van der Waals surface area contributed by atoms with Gasteiger partial charge in [0.05, 0.1) is 6.04 Å². The summed E-state index contributed by atoms with van der Waals surface area (Å²) in [7, 11) is 2.22. The minimum Gasteiger partial charge on any atom is -0.376 e. The van der Waals surface area contributed by atoms with E-state index < -0.39 is 0 Å². The lowest BCUT2D eigenvalue weighted by Crippen LogP contribution is -2.54. The second-order valence-corrected chi connectivity index (χ2v) is 9.49. The smallest absolute Gasteiger partial charge is 0.258 e. The van der Waals surface area contributed by atoms with Crippen molar-refractivity contribution in [1.82, 2.24) is 25.6 Å². The number of nitrogens with zero attached hydrogens (tertiary/aromatic N) is 3. The fourth-order valence-corrected chi connectivity index (χ4v) is 5.45. The molecule has 6 nitrogen and oxygen atoms in total. The first-order valence-electron chi connectivity index (χ1n) is 11.9. The third-order valence-electron chi connectivity index (χ3n) is 7.17. The molecule has 2 N–H and O–H groups in total. The number of hydrogen-bond acceptors (Lipinski definition) is 5. The lowest BCUT2D eigenvalue weighted by atomic mass is 9.93. The molecule has 3 unspecified atom stereocenters. The van der Waals surface area contributed by atoms with Crippen LogP contribution in [-0.2, 0) is 4.79 Å². The van der Waals surface area contributed by atoms with Crippen LogP contribution in [0.1, 0.15) is 58.8 Å². The minimum atomic E-state index is -0.235. The lowest BCUT2D eigenvalue weighted by molar-refractivity contribution is -0.137. The molecule has 3 fully saturated rings. The van der Waals surface area contributed by atoms with E-state index in [2.05, 4.69) is 41.1 Å². The number of carbonyl (C=O) groups is 1. The molecule has 0 spiro atoms. The van der Waals surface area contributed by atoms with Crippen LogP contribution in [0.5, 0.6) is 0 Å². The Kier molecular flexibility index (Phi) is 8.39. The minimum absolute atomic E-state index is 0.139. The van der Waals surface area contributed by atoms with Crippen molar-refractivity contribution >= 4 is 5.91 Å². The first kappa shape index (κ1) is 22.6. The maximum atomic E-state index is 12.8. The van der Waals surface area contributed by atoms with Gasteiger partial charge in [0.15, 0.2) is 0 Å². The Bertz CT molecular complexity index is 541. The SMILES string of the molecule is C=C(NC(C)C(=O)N1CCCCN1)C(C1CCCC1)N1CCC(CN(C)CC)C1. The van der Waals surface area contributed by atoms with Gasteiger partial charge in [0, 0.05) is 31.9 Å². The molecule has 2 aliphatic heterocycles. The summed E-state index contributed by atoms with van der Waals surface area (Å²) in [5, 5.41) is 5.32. The summed E-state index contributed by atoms with van der Waals surface area (Å²) >= 11 is 0. The Morgan fingerprint density at radius 3 is 2.62 bits per heavy atom. The van der Waals surface area contributed by atoms with E-state index in [1.807, 2.05) is 6.92 Å². The molecule has 1 saturated carbocycles. The summed E-state index contributed by atoms with van der Waals surface area (Å²) in [5.41, 5.74) is 4.30. The van der Waals surface area contributed by atoms with Crippen LogP contribution in [0, 0.1) is 11.8 Å². The molecule has 2 saturated heterocycles. The maximum absolute atomic E-state index is 12.8. The Labute approximate surface area is 178 Å². The molecule has 3 rings (SSSR count). The molecule has 0 bridgehead atoms. The third-order valence-corrected chi connectivity index (χ3v) is 7.17. The molecule has 0 aromatic carbocycles. The van der Waals surface area contributed by atoms with E-state index in [0.29, 0.717) is 12.0 Å². The van der Waals surface area contributed by atoms with Gasteiger partial charge in [-0.2, -0.15) is 0 Å². The second kappa shape index (κ2) is 10.8. The topological polar surface area (TPSA) is 50.9 Å². The average molecular weight is 406 g/mol. The molecule has 3 atom stereocenters. The molecule has 0 aromatic rings. The average Bonchev–Trinajstić information content (AvgIpc) is 3.41. The molecular formula is C23H43N5O. The molecule has 3 aliphatic rings. The van der Waals surface area contributed by atoms with Gasteiger partial charge in [0.2, 0.25) is 0 Å². The first-order chi connectivity index (χ1) is 14.0. The van der Waals surface area contributed by atoms with Crippen molar-refractivity contribution in [2.75, 3.05) is 46.3 Å². The molecule has 1 aliphatic carbocycles. The van der Waals surface area contributed by atoms with Crippen molar-refractivity contribution < 1.29 is 4.79 Å². The Morgan fingerprint density at radius 2 is 1.97 bits per heavy atom. The molecule has 29 heavy (non-hydrogen) atoms. The van der Waals surface area contributed by atoms with Gasteiger partial charge >= 0.3 is 0 Å². The van der Waals surface area contributed by atoms with E-state index in [0.717, 1.165) is 57.2 Å². The quantitative estimate of drug-likeness (QED) is 0.617. The monoisotopic (exact) mass is 405 g/mol.